The molecule has 1 heterocycles. The SMILES string of the molecule is CC(NC(=O)Nc1ccc(F)c(C(=O)O)c1)c1ccsc1. The fourth-order valence-electron chi connectivity index (χ4n) is 1.74. The molecule has 0 aliphatic heterocycles. The van der Waals surface area contributed by atoms with Crippen molar-refractivity contribution in [3.63, 3.8) is 0 Å². The van der Waals surface area contributed by atoms with Crippen molar-refractivity contribution in [3.8, 4) is 0 Å². The number of carboxylic acids is 1. The first-order valence-corrected chi connectivity index (χ1v) is 7.04. The number of nitrogens with one attached hydrogen (secondary N) is 2. The van der Waals surface area contributed by atoms with Crippen LogP contribution in [0.5, 0.6) is 0 Å². The molecule has 0 fully saturated rings. The number of carbonyl (C=O) groups is 2. The third kappa shape index (κ3) is 3.79. The Hall–Kier alpha value is -2.41. The van der Waals surface area contributed by atoms with Gasteiger partial charge in [0.15, 0.2) is 0 Å². The lowest BCUT2D eigenvalue weighted by molar-refractivity contribution is 0.0692. The molecule has 0 saturated heterocycles. The standard InChI is InChI=1S/C14H13FN2O3S/c1-8(9-4-5-21-7-9)16-14(20)17-10-2-3-12(15)11(6-10)13(18)19/h2-8H,1H3,(H,18,19)(H2,16,17,20). The molecule has 0 saturated carbocycles. The third-order valence-corrected chi connectivity index (χ3v) is 3.55. The molecule has 0 aliphatic rings. The number of aromatic carboxylic acids is 1. The number of halogens is 1. The van der Waals surface area contributed by atoms with Gasteiger partial charge in [-0.3, -0.25) is 0 Å². The smallest absolute Gasteiger partial charge is 0.338 e. The van der Waals surface area contributed by atoms with Crippen LogP contribution >= 0.6 is 11.3 Å². The summed E-state index contributed by atoms with van der Waals surface area (Å²) in [5, 5.41) is 17.8. The lowest BCUT2D eigenvalue weighted by atomic mass is 10.2. The Bertz CT molecular complexity index is 658. The van der Waals surface area contributed by atoms with Gasteiger partial charge in [-0.25, -0.2) is 14.0 Å². The van der Waals surface area contributed by atoms with Crippen molar-refractivity contribution >= 4 is 29.0 Å². The molecule has 1 aromatic carbocycles. The van der Waals surface area contributed by atoms with E-state index in [2.05, 4.69) is 10.6 Å². The van der Waals surface area contributed by atoms with E-state index in [-0.39, 0.29) is 11.7 Å². The number of urea groups is 1. The number of anilines is 1. The summed E-state index contributed by atoms with van der Waals surface area (Å²) in [6.45, 7) is 1.83. The van der Waals surface area contributed by atoms with Crippen LogP contribution in [0.2, 0.25) is 0 Å². The fourth-order valence-corrected chi connectivity index (χ4v) is 2.49. The number of carboxylic acid groups (broad SMARTS) is 1. The lowest BCUT2D eigenvalue weighted by Gasteiger charge is -2.14. The summed E-state index contributed by atoms with van der Waals surface area (Å²) in [7, 11) is 0. The molecule has 2 amide bonds. The van der Waals surface area contributed by atoms with Crippen LogP contribution in [-0.4, -0.2) is 17.1 Å². The van der Waals surface area contributed by atoms with E-state index in [4.69, 9.17) is 5.11 Å². The summed E-state index contributed by atoms with van der Waals surface area (Å²) < 4.78 is 13.2. The predicted molar refractivity (Wildman–Crippen MR) is 78.2 cm³/mol. The Labute approximate surface area is 124 Å². The van der Waals surface area contributed by atoms with Gasteiger partial charge in [-0.2, -0.15) is 11.3 Å². The van der Waals surface area contributed by atoms with E-state index in [9.17, 15) is 14.0 Å². The van der Waals surface area contributed by atoms with Gasteiger partial charge in [-0.15, -0.1) is 0 Å². The number of thiophene rings is 1. The van der Waals surface area contributed by atoms with Crippen LogP contribution in [0.25, 0.3) is 0 Å². The Morgan fingerprint density at radius 3 is 2.71 bits per heavy atom. The molecule has 21 heavy (non-hydrogen) atoms. The molecule has 1 atom stereocenters. The first kappa shape index (κ1) is 15.0. The molecule has 110 valence electrons. The number of hydrogen-bond acceptors (Lipinski definition) is 3. The van der Waals surface area contributed by atoms with E-state index in [0.717, 1.165) is 17.7 Å². The fraction of sp³-hybridized carbons (Fsp3) is 0.143. The van der Waals surface area contributed by atoms with Gasteiger partial charge in [-0.1, -0.05) is 0 Å². The van der Waals surface area contributed by atoms with Gasteiger partial charge >= 0.3 is 12.0 Å². The van der Waals surface area contributed by atoms with Crippen molar-refractivity contribution in [3.05, 3.63) is 52.0 Å². The van der Waals surface area contributed by atoms with Gasteiger partial charge in [-0.05, 0) is 47.5 Å². The summed E-state index contributed by atoms with van der Waals surface area (Å²) in [6, 6.07) is 4.60. The molecule has 2 aromatic rings. The third-order valence-electron chi connectivity index (χ3n) is 2.85. The quantitative estimate of drug-likeness (QED) is 0.809. The number of amides is 2. The molecule has 7 heteroatoms. The van der Waals surface area contributed by atoms with Gasteiger partial charge in [0.2, 0.25) is 0 Å². The molecular weight excluding hydrogens is 295 g/mol. The molecule has 0 radical (unpaired) electrons. The van der Waals surface area contributed by atoms with E-state index >= 15 is 0 Å². The second kappa shape index (κ2) is 6.36. The monoisotopic (exact) mass is 308 g/mol. The summed E-state index contributed by atoms with van der Waals surface area (Å²) in [6.07, 6.45) is 0. The molecule has 2 rings (SSSR count). The zero-order chi connectivity index (χ0) is 15.4. The Balaban J connectivity index is 2.03. The van der Waals surface area contributed by atoms with Crippen LogP contribution in [-0.2, 0) is 0 Å². The average Bonchev–Trinajstić information content (AvgIpc) is 2.94. The van der Waals surface area contributed by atoms with Crippen LogP contribution in [0.3, 0.4) is 0 Å². The van der Waals surface area contributed by atoms with Gasteiger partial charge in [0, 0.05) is 5.69 Å². The minimum absolute atomic E-state index is 0.185. The number of rotatable bonds is 4. The lowest BCUT2D eigenvalue weighted by Crippen LogP contribution is -2.31. The first-order chi connectivity index (χ1) is 9.97. The zero-order valence-electron chi connectivity index (χ0n) is 11.1. The first-order valence-electron chi connectivity index (χ1n) is 6.10. The van der Waals surface area contributed by atoms with E-state index in [1.165, 1.54) is 17.4 Å². The molecule has 3 N–H and O–H groups in total. The molecule has 0 bridgehead atoms. The van der Waals surface area contributed by atoms with Crippen LogP contribution in [0.4, 0.5) is 14.9 Å². The second-order valence-electron chi connectivity index (χ2n) is 4.38. The summed E-state index contributed by atoms with van der Waals surface area (Å²) >= 11 is 1.53. The molecule has 1 aromatic heterocycles. The number of hydrogen-bond donors (Lipinski definition) is 3. The average molecular weight is 308 g/mol. The predicted octanol–water partition coefficient (Wildman–Crippen LogP) is 3.47. The highest BCUT2D eigenvalue weighted by atomic mass is 32.1. The molecule has 1 unspecified atom stereocenters. The summed E-state index contributed by atoms with van der Waals surface area (Å²) in [5.74, 6) is -2.23. The van der Waals surface area contributed by atoms with Crippen molar-refractivity contribution in [2.24, 2.45) is 0 Å². The highest BCUT2D eigenvalue weighted by Crippen LogP contribution is 2.17. The minimum Gasteiger partial charge on any atom is -0.478 e. The molecular formula is C14H13FN2O3S. The molecule has 0 aliphatic carbocycles. The highest BCUT2D eigenvalue weighted by Gasteiger charge is 2.13. The maximum absolute atomic E-state index is 13.2. The van der Waals surface area contributed by atoms with Crippen molar-refractivity contribution in [2.75, 3.05) is 5.32 Å². The van der Waals surface area contributed by atoms with Crippen LogP contribution in [0.15, 0.2) is 35.0 Å². The summed E-state index contributed by atoms with van der Waals surface area (Å²) in [4.78, 5) is 22.6. The largest absolute Gasteiger partial charge is 0.478 e. The number of carbonyl (C=O) groups excluding carboxylic acids is 1. The Morgan fingerprint density at radius 2 is 2.10 bits per heavy atom. The van der Waals surface area contributed by atoms with Crippen LogP contribution < -0.4 is 10.6 Å². The van der Waals surface area contributed by atoms with Gasteiger partial charge in [0.1, 0.15) is 5.82 Å². The Morgan fingerprint density at radius 1 is 1.33 bits per heavy atom. The van der Waals surface area contributed by atoms with Crippen LogP contribution in [0, 0.1) is 5.82 Å². The second-order valence-corrected chi connectivity index (χ2v) is 5.16. The maximum atomic E-state index is 13.2. The van der Waals surface area contributed by atoms with Gasteiger partial charge < -0.3 is 15.7 Å². The normalized spacial score (nSPS) is 11.7. The highest BCUT2D eigenvalue weighted by molar-refractivity contribution is 7.07. The molecule has 5 nitrogen and oxygen atoms in total. The summed E-state index contributed by atoms with van der Waals surface area (Å²) in [5.41, 5.74) is 0.697. The van der Waals surface area contributed by atoms with Crippen LogP contribution in [0.1, 0.15) is 28.9 Å². The van der Waals surface area contributed by atoms with Crippen molar-refractivity contribution < 1.29 is 19.1 Å². The van der Waals surface area contributed by atoms with Crippen molar-refractivity contribution in [1.82, 2.24) is 5.32 Å². The number of benzene rings is 1. The molecule has 0 spiro atoms. The van der Waals surface area contributed by atoms with E-state index in [1.807, 2.05) is 23.8 Å². The van der Waals surface area contributed by atoms with Crippen molar-refractivity contribution in [2.45, 2.75) is 13.0 Å². The Kier molecular flexibility index (Phi) is 4.54. The topological polar surface area (TPSA) is 78.4 Å². The zero-order valence-corrected chi connectivity index (χ0v) is 11.9. The van der Waals surface area contributed by atoms with Gasteiger partial charge in [0.05, 0.1) is 11.6 Å². The minimum atomic E-state index is -1.39. The maximum Gasteiger partial charge on any atom is 0.338 e. The van der Waals surface area contributed by atoms with Crippen molar-refractivity contribution in [1.29, 1.82) is 0 Å². The van der Waals surface area contributed by atoms with E-state index in [1.54, 1.807) is 0 Å². The van der Waals surface area contributed by atoms with E-state index < -0.39 is 23.4 Å². The van der Waals surface area contributed by atoms with E-state index in [0.29, 0.717) is 0 Å². The van der Waals surface area contributed by atoms with Gasteiger partial charge in [0.25, 0.3) is 0 Å².